The Morgan fingerprint density at radius 3 is 2.58 bits per heavy atom. The van der Waals surface area contributed by atoms with Crippen molar-refractivity contribution in [1.29, 1.82) is 0 Å². The molecule has 9 heteroatoms. The fourth-order valence-corrected chi connectivity index (χ4v) is 1.85. The van der Waals surface area contributed by atoms with Gasteiger partial charge in [0, 0.05) is 17.0 Å². The molecule has 0 aliphatic rings. The molecule has 0 unspecified atom stereocenters. The smallest absolute Gasteiger partial charge is 0.469 e. The normalized spacial score (nSPS) is 11.2. The van der Waals surface area contributed by atoms with Gasteiger partial charge in [-0.05, 0) is 5.56 Å². The third-order valence-electron chi connectivity index (χ3n) is 2.11. The van der Waals surface area contributed by atoms with Gasteiger partial charge in [-0.25, -0.2) is 0 Å². The number of pyridine rings is 1. The largest absolute Gasteiger partial charge is 0.574 e. The first-order valence-corrected chi connectivity index (χ1v) is 6.02. The van der Waals surface area contributed by atoms with Gasteiger partial charge in [0.05, 0.1) is 13.5 Å². The molecule has 1 aromatic rings. The van der Waals surface area contributed by atoms with E-state index in [0.717, 1.165) is 13.2 Å². The Morgan fingerprint density at radius 2 is 2.11 bits per heavy atom. The third-order valence-corrected chi connectivity index (χ3v) is 2.72. The molecule has 0 saturated carbocycles. The number of aromatic amines is 1. The van der Waals surface area contributed by atoms with Crippen molar-refractivity contribution < 1.29 is 27.4 Å². The minimum absolute atomic E-state index is 0.0827. The van der Waals surface area contributed by atoms with E-state index >= 15 is 0 Å². The number of aromatic nitrogens is 1. The molecule has 0 spiro atoms. The minimum Gasteiger partial charge on any atom is -0.469 e. The van der Waals surface area contributed by atoms with E-state index in [1.165, 1.54) is 0 Å². The van der Waals surface area contributed by atoms with Gasteiger partial charge in [-0.1, -0.05) is 15.9 Å². The highest BCUT2D eigenvalue weighted by Gasteiger charge is 2.33. The van der Waals surface area contributed by atoms with Crippen LogP contribution in [-0.4, -0.2) is 24.4 Å². The number of alkyl halides is 4. The molecular weight excluding hydrogens is 335 g/mol. The predicted molar refractivity (Wildman–Crippen MR) is 62.1 cm³/mol. The van der Waals surface area contributed by atoms with Gasteiger partial charge in [0.2, 0.25) is 5.88 Å². The van der Waals surface area contributed by atoms with Gasteiger partial charge >= 0.3 is 12.3 Å². The molecule has 1 aromatic heterocycles. The van der Waals surface area contributed by atoms with Crippen molar-refractivity contribution >= 4 is 21.9 Å². The summed E-state index contributed by atoms with van der Waals surface area (Å²) in [4.78, 5) is 24.3. The van der Waals surface area contributed by atoms with Crippen LogP contribution < -0.4 is 10.3 Å². The number of rotatable bonds is 4. The number of ether oxygens (including phenoxy) is 2. The zero-order chi connectivity index (χ0) is 14.6. The Kier molecular flexibility index (Phi) is 4.98. The van der Waals surface area contributed by atoms with Crippen LogP contribution in [0.25, 0.3) is 0 Å². The minimum atomic E-state index is -4.97. The molecule has 0 bridgehead atoms. The highest BCUT2D eigenvalue weighted by Crippen LogP contribution is 2.27. The van der Waals surface area contributed by atoms with E-state index in [1.807, 2.05) is 4.98 Å². The lowest BCUT2D eigenvalue weighted by Gasteiger charge is -2.14. The summed E-state index contributed by atoms with van der Waals surface area (Å²) in [6.07, 6.45) is -5.42. The number of nitrogens with one attached hydrogen (secondary N) is 1. The molecule has 0 radical (unpaired) electrons. The second kappa shape index (κ2) is 6.09. The molecule has 1 N–H and O–H groups in total. The summed E-state index contributed by atoms with van der Waals surface area (Å²) in [7, 11) is 1.10. The molecule has 0 saturated heterocycles. The van der Waals surface area contributed by atoms with Gasteiger partial charge in [0.15, 0.2) is 0 Å². The molecular formula is C10H9BrF3NO4. The van der Waals surface area contributed by atoms with Crippen LogP contribution >= 0.6 is 15.9 Å². The van der Waals surface area contributed by atoms with Crippen molar-refractivity contribution in [2.45, 2.75) is 18.1 Å². The molecule has 19 heavy (non-hydrogen) atoms. The molecule has 0 aliphatic heterocycles. The first-order valence-electron chi connectivity index (χ1n) is 4.90. The molecule has 1 rings (SSSR count). The van der Waals surface area contributed by atoms with Crippen molar-refractivity contribution in [2.75, 3.05) is 7.11 Å². The lowest BCUT2D eigenvalue weighted by molar-refractivity contribution is -0.276. The maximum Gasteiger partial charge on any atom is 0.574 e. The molecule has 0 atom stereocenters. The van der Waals surface area contributed by atoms with E-state index in [2.05, 4.69) is 25.4 Å². The lowest BCUT2D eigenvalue weighted by Crippen LogP contribution is -2.23. The molecule has 0 amide bonds. The van der Waals surface area contributed by atoms with Gasteiger partial charge in [-0.3, -0.25) is 14.6 Å². The van der Waals surface area contributed by atoms with Crippen LogP contribution in [0.2, 0.25) is 0 Å². The lowest BCUT2D eigenvalue weighted by atomic mass is 10.1. The Bertz CT molecular complexity index is 526. The van der Waals surface area contributed by atoms with E-state index in [1.54, 1.807) is 0 Å². The van der Waals surface area contributed by atoms with Crippen LogP contribution in [-0.2, 0) is 21.3 Å². The first kappa shape index (κ1) is 15.5. The summed E-state index contributed by atoms with van der Waals surface area (Å²) < 4.78 is 44.8. The quantitative estimate of drug-likeness (QED) is 0.669. The van der Waals surface area contributed by atoms with Crippen molar-refractivity contribution in [3.8, 4) is 5.88 Å². The highest BCUT2D eigenvalue weighted by atomic mass is 79.9. The summed E-state index contributed by atoms with van der Waals surface area (Å²) in [6, 6.07) is 1.08. The Morgan fingerprint density at radius 1 is 1.47 bits per heavy atom. The van der Waals surface area contributed by atoms with Gasteiger partial charge in [-0.15, -0.1) is 13.2 Å². The van der Waals surface area contributed by atoms with E-state index < -0.39 is 30.2 Å². The Labute approximate surface area is 113 Å². The third kappa shape index (κ3) is 4.58. The Hall–Kier alpha value is -1.51. The van der Waals surface area contributed by atoms with Gasteiger partial charge < -0.3 is 9.47 Å². The van der Waals surface area contributed by atoms with Crippen LogP contribution in [0, 0.1) is 0 Å². The van der Waals surface area contributed by atoms with Crippen LogP contribution in [0.4, 0.5) is 13.2 Å². The van der Waals surface area contributed by atoms with Crippen LogP contribution in [0.3, 0.4) is 0 Å². The van der Waals surface area contributed by atoms with Crippen LogP contribution in [0.1, 0.15) is 11.1 Å². The standard InChI is InChI=1S/C10H9BrF3NO4/c1-18-8(17)3-6-5(4-11)2-7(16)15-9(6)19-10(12,13)14/h2H,3-4H2,1H3,(H,15,16). The maximum atomic E-state index is 12.2. The fourth-order valence-electron chi connectivity index (χ4n) is 1.35. The second-order valence-corrected chi connectivity index (χ2v) is 3.96. The summed E-state index contributed by atoms with van der Waals surface area (Å²) in [5.74, 6) is -1.55. The zero-order valence-electron chi connectivity index (χ0n) is 9.64. The van der Waals surface area contributed by atoms with Crippen molar-refractivity contribution in [3.05, 3.63) is 27.5 Å². The number of hydrogen-bond donors (Lipinski definition) is 1. The molecule has 0 aliphatic carbocycles. The molecule has 0 aromatic carbocycles. The van der Waals surface area contributed by atoms with Gasteiger partial charge in [-0.2, -0.15) is 0 Å². The number of carbonyl (C=O) groups is 1. The summed E-state index contributed by atoms with van der Waals surface area (Å²) in [5.41, 5.74) is -0.628. The van der Waals surface area contributed by atoms with Crippen molar-refractivity contribution in [3.63, 3.8) is 0 Å². The topological polar surface area (TPSA) is 68.4 Å². The van der Waals surface area contributed by atoms with E-state index in [0.29, 0.717) is 0 Å². The van der Waals surface area contributed by atoms with Crippen LogP contribution in [0.5, 0.6) is 5.88 Å². The predicted octanol–water partition coefficient (Wildman–Crippen LogP) is 1.88. The molecule has 106 valence electrons. The number of hydrogen-bond acceptors (Lipinski definition) is 4. The molecule has 0 fully saturated rings. The first-order chi connectivity index (χ1) is 8.76. The monoisotopic (exact) mass is 343 g/mol. The summed E-state index contributed by atoms with van der Waals surface area (Å²) in [6.45, 7) is 0. The summed E-state index contributed by atoms with van der Waals surface area (Å²) >= 11 is 3.03. The Balaban J connectivity index is 3.29. The molecule has 5 nitrogen and oxygen atoms in total. The number of carbonyl (C=O) groups excluding carboxylic acids is 1. The number of esters is 1. The molecule has 1 heterocycles. The number of H-pyrrole nitrogens is 1. The van der Waals surface area contributed by atoms with Gasteiger partial charge in [0.25, 0.3) is 5.56 Å². The number of methoxy groups -OCH3 is 1. The van der Waals surface area contributed by atoms with Crippen molar-refractivity contribution in [1.82, 2.24) is 4.98 Å². The fraction of sp³-hybridized carbons (Fsp3) is 0.400. The zero-order valence-corrected chi connectivity index (χ0v) is 11.2. The van der Waals surface area contributed by atoms with Crippen LogP contribution in [0.15, 0.2) is 10.9 Å². The van der Waals surface area contributed by atoms with Crippen molar-refractivity contribution in [2.24, 2.45) is 0 Å². The average molecular weight is 344 g/mol. The van der Waals surface area contributed by atoms with E-state index in [4.69, 9.17) is 0 Å². The van der Waals surface area contributed by atoms with Gasteiger partial charge in [0.1, 0.15) is 0 Å². The SMILES string of the molecule is COC(=O)Cc1c(CBr)cc(=O)[nH]c1OC(F)(F)F. The van der Waals surface area contributed by atoms with E-state index in [-0.39, 0.29) is 16.5 Å². The average Bonchev–Trinajstić information content (AvgIpc) is 2.29. The van der Waals surface area contributed by atoms with E-state index in [9.17, 15) is 22.8 Å². The maximum absolute atomic E-state index is 12.2. The second-order valence-electron chi connectivity index (χ2n) is 3.40. The summed E-state index contributed by atoms with van der Waals surface area (Å²) in [5, 5.41) is 0.0947. The number of halogens is 4. The highest BCUT2D eigenvalue weighted by molar-refractivity contribution is 9.08.